The Labute approximate surface area is 174 Å². The molecule has 148 valence electrons. The fraction of sp³-hybridized carbons (Fsp3) is 0.0455. The van der Waals surface area contributed by atoms with Crippen LogP contribution in [0.4, 0.5) is 5.69 Å². The normalized spacial score (nSPS) is 11.4. The lowest BCUT2D eigenvalue weighted by molar-refractivity contribution is -0.113. The van der Waals surface area contributed by atoms with E-state index in [1.165, 1.54) is 43.5 Å². The van der Waals surface area contributed by atoms with E-state index in [1.54, 1.807) is 54.6 Å². The Morgan fingerprint density at radius 3 is 2.28 bits per heavy atom. The van der Waals surface area contributed by atoms with E-state index >= 15 is 0 Å². The topological polar surface area (TPSA) is 63.7 Å². The van der Waals surface area contributed by atoms with E-state index in [0.717, 1.165) is 4.31 Å². The van der Waals surface area contributed by atoms with Crippen LogP contribution in [0.3, 0.4) is 0 Å². The molecule has 0 bridgehead atoms. The van der Waals surface area contributed by atoms with Crippen molar-refractivity contribution in [3.05, 3.63) is 95.5 Å². The van der Waals surface area contributed by atoms with Crippen molar-refractivity contribution in [3.63, 3.8) is 0 Å². The second-order valence-corrected chi connectivity index (χ2v) is 8.23. The third-order valence-corrected chi connectivity index (χ3v) is 6.03. The molecule has 29 heavy (non-hydrogen) atoms. The van der Waals surface area contributed by atoms with Gasteiger partial charge in [-0.2, -0.15) is 4.31 Å². The molecule has 1 amide bonds. The minimum absolute atomic E-state index is 0.0142. The maximum atomic E-state index is 13.2. The van der Waals surface area contributed by atoms with E-state index < -0.39 is 15.9 Å². The van der Waals surface area contributed by atoms with Gasteiger partial charge in [-0.05, 0) is 60.2 Å². The predicted molar refractivity (Wildman–Crippen MR) is 115 cm³/mol. The first-order valence-electron chi connectivity index (χ1n) is 8.64. The molecule has 0 heterocycles. The van der Waals surface area contributed by atoms with Gasteiger partial charge >= 0.3 is 0 Å². The van der Waals surface area contributed by atoms with Crippen molar-refractivity contribution in [1.29, 1.82) is 0 Å². The summed E-state index contributed by atoms with van der Waals surface area (Å²) >= 11 is 5.96. The van der Waals surface area contributed by atoms with Crippen LogP contribution in [0.5, 0.6) is 5.75 Å². The van der Waals surface area contributed by atoms with E-state index in [9.17, 15) is 13.2 Å². The van der Waals surface area contributed by atoms with Crippen LogP contribution in [0, 0.1) is 0 Å². The zero-order valence-electron chi connectivity index (χ0n) is 15.5. The number of anilines is 1. The first-order chi connectivity index (χ1) is 13.9. The molecule has 0 fully saturated rings. The lowest BCUT2D eigenvalue weighted by Gasteiger charge is -2.21. The Bertz CT molecular complexity index is 1130. The third-order valence-electron chi connectivity index (χ3n) is 4.06. The lowest BCUT2D eigenvalue weighted by Crippen LogP contribution is -2.35. The molecular weight excluding hydrogens is 410 g/mol. The van der Waals surface area contributed by atoms with Gasteiger partial charge in [-0.25, -0.2) is 8.42 Å². The Morgan fingerprint density at radius 1 is 0.966 bits per heavy atom. The molecule has 0 spiro atoms. The first-order valence-corrected chi connectivity index (χ1v) is 10.5. The molecule has 0 aliphatic rings. The number of amides is 1. The highest BCUT2D eigenvalue weighted by Gasteiger charge is 2.29. The Balaban J connectivity index is 2.03. The number of sulfonamides is 1. The molecule has 0 unspecified atom stereocenters. The average Bonchev–Trinajstić information content (AvgIpc) is 2.73. The maximum absolute atomic E-state index is 13.2. The largest absolute Gasteiger partial charge is 0.497 e. The van der Waals surface area contributed by atoms with Crippen molar-refractivity contribution in [2.45, 2.75) is 4.90 Å². The molecular formula is C22H18ClNO4S. The number of ether oxygens (including phenoxy) is 1. The zero-order chi connectivity index (χ0) is 20.9. The van der Waals surface area contributed by atoms with E-state index in [-0.39, 0.29) is 10.6 Å². The molecule has 0 aromatic heterocycles. The van der Waals surface area contributed by atoms with Crippen LogP contribution >= 0.6 is 11.6 Å². The molecule has 3 aromatic rings. The van der Waals surface area contributed by atoms with Crippen LogP contribution < -0.4 is 9.04 Å². The van der Waals surface area contributed by atoms with Crippen LogP contribution in [0.1, 0.15) is 5.56 Å². The highest BCUT2D eigenvalue weighted by Crippen LogP contribution is 2.26. The fourth-order valence-electron chi connectivity index (χ4n) is 2.65. The molecule has 0 aliphatic heterocycles. The predicted octanol–water partition coefficient (Wildman–Crippen LogP) is 4.78. The molecule has 0 saturated heterocycles. The number of carbonyl (C=O) groups excluding carboxylic acids is 1. The van der Waals surface area contributed by atoms with Gasteiger partial charge in [0.05, 0.1) is 17.7 Å². The Kier molecular flexibility index (Phi) is 6.36. The third kappa shape index (κ3) is 4.85. The van der Waals surface area contributed by atoms with Crippen LogP contribution in [-0.4, -0.2) is 21.4 Å². The zero-order valence-corrected chi connectivity index (χ0v) is 17.1. The van der Waals surface area contributed by atoms with Crippen LogP contribution in [0.25, 0.3) is 6.08 Å². The number of methoxy groups -OCH3 is 1. The van der Waals surface area contributed by atoms with Gasteiger partial charge in [0.1, 0.15) is 5.75 Å². The van der Waals surface area contributed by atoms with Gasteiger partial charge in [0.15, 0.2) is 0 Å². The number of halogens is 1. The minimum Gasteiger partial charge on any atom is -0.497 e. The number of rotatable bonds is 6. The summed E-state index contributed by atoms with van der Waals surface area (Å²) in [6.45, 7) is 0. The molecule has 5 nitrogen and oxygen atoms in total. The van der Waals surface area contributed by atoms with Crippen molar-refractivity contribution in [3.8, 4) is 5.75 Å². The molecule has 0 saturated carbocycles. The van der Waals surface area contributed by atoms with Gasteiger partial charge in [-0.1, -0.05) is 41.9 Å². The van der Waals surface area contributed by atoms with Crippen LogP contribution in [-0.2, 0) is 14.8 Å². The number of hydrogen-bond acceptors (Lipinski definition) is 4. The summed E-state index contributed by atoms with van der Waals surface area (Å²) in [5.41, 5.74) is 0.882. The minimum atomic E-state index is -4.12. The molecule has 7 heteroatoms. The second kappa shape index (κ2) is 8.94. The average molecular weight is 428 g/mol. The molecule has 3 aromatic carbocycles. The fourth-order valence-corrected chi connectivity index (χ4v) is 4.25. The number of carbonyl (C=O) groups is 1. The number of hydrogen-bond donors (Lipinski definition) is 0. The second-order valence-electron chi connectivity index (χ2n) is 6.01. The summed E-state index contributed by atoms with van der Waals surface area (Å²) in [5.74, 6) is -0.160. The van der Waals surface area contributed by atoms with Gasteiger partial charge in [0.2, 0.25) is 0 Å². The van der Waals surface area contributed by atoms with Crippen LogP contribution in [0.15, 0.2) is 89.8 Å². The Hall–Kier alpha value is -3.09. The van der Waals surface area contributed by atoms with E-state index in [1.807, 2.05) is 0 Å². The smallest absolute Gasteiger partial charge is 0.271 e. The number of nitrogens with zero attached hydrogens (tertiary/aromatic N) is 1. The van der Waals surface area contributed by atoms with E-state index in [4.69, 9.17) is 16.3 Å². The quantitative estimate of drug-likeness (QED) is 0.531. The summed E-state index contributed by atoms with van der Waals surface area (Å²) in [4.78, 5) is 13.0. The van der Waals surface area contributed by atoms with Crippen molar-refractivity contribution >= 4 is 39.3 Å². The SMILES string of the molecule is COc1ccc(N(C(=O)/C=C/c2cccc(Cl)c2)S(=O)(=O)c2ccccc2)cc1. The van der Waals surface area contributed by atoms with Crippen LogP contribution in [0.2, 0.25) is 5.02 Å². The van der Waals surface area contributed by atoms with Gasteiger partial charge in [0.25, 0.3) is 15.9 Å². The maximum Gasteiger partial charge on any atom is 0.271 e. The highest BCUT2D eigenvalue weighted by molar-refractivity contribution is 7.93. The van der Waals surface area contributed by atoms with Crippen molar-refractivity contribution < 1.29 is 17.9 Å². The van der Waals surface area contributed by atoms with Crippen molar-refractivity contribution in [2.24, 2.45) is 0 Å². The lowest BCUT2D eigenvalue weighted by atomic mass is 10.2. The summed E-state index contributed by atoms with van der Waals surface area (Å²) in [6.07, 6.45) is 2.72. The number of benzene rings is 3. The molecule has 0 radical (unpaired) electrons. The molecule has 0 aliphatic carbocycles. The first kappa shape index (κ1) is 20.6. The highest BCUT2D eigenvalue weighted by atomic mass is 35.5. The van der Waals surface area contributed by atoms with Gasteiger partial charge in [-0.3, -0.25) is 4.79 Å². The summed E-state index contributed by atoms with van der Waals surface area (Å²) in [5, 5.41) is 0.517. The molecule has 3 rings (SSSR count). The monoisotopic (exact) mass is 427 g/mol. The van der Waals surface area contributed by atoms with Crippen molar-refractivity contribution in [2.75, 3.05) is 11.4 Å². The van der Waals surface area contributed by atoms with E-state index in [2.05, 4.69) is 0 Å². The van der Waals surface area contributed by atoms with Gasteiger partial charge in [-0.15, -0.1) is 0 Å². The summed E-state index contributed by atoms with van der Waals surface area (Å²) in [7, 11) is -2.61. The van der Waals surface area contributed by atoms with Crippen molar-refractivity contribution in [1.82, 2.24) is 0 Å². The standard InChI is InChI=1S/C22H18ClNO4S/c1-28-20-13-11-19(12-14-20)24(29(26,27)21-8-3-2-4-9-21)22(25)15-10-17-6-5-7-18(23)16-17/h2-16H,1H3/b15-10+. The molecule has 0 N–H and O–H groups in total. The molecule has 0 atom stereocenters. The van der Waals surface area contributed by atoms with E-state index in [0.29, 0.717) is 16.3 Å². The summed E-state index contributed by atoms with van der Waals surface area (Å²) < 4.78 is 32.3. The Morgan fingerprint density at radius 2 is 1.66 bits per heavy atom. The summed E-state index contributed by atoms with van der Waals surface area (Å²) in [6, 6.07) is 20.9. The van der Waals surface area contributed by atoms with Gasteiger partial charge < -0.3 is 4.74 Å². The van der Waals surface area contributed by atoms with Gasteiger partial charge in [0, 0.05) is 11.1 Å².